The second-order valence-corrected chi connectivity index (χ2v) is 12.6. The van der Waals surface area contributed by atoms with E-state index in [0.29, 0.717) is 11.1 Å². The molecule has 3 aromatic heterocycles. The maximum Gasteiger partial charge on any atom is 0.135 e. The molecular formula is C44H26N4O. The summed E-state index contributed by atoms with van der Waals surface area (Å²) < 4.78 is 10.8. The molecule has 5 heteroatoms. The maximum atomic E-state index is 10.7. The minimum atomic E-state index is 0.549. The average molecular weight is 627 g/mol. The number of benzene rings is 6. The fourth-order valence-corrected chi connectivity index (χ4v) is 8.03. The Kier molecular flexibility index (Phi) is 5.76. The molecule has 0 radical (unpaired) electrons. The largest absolute Gasteiger partial charge is 0.456 e. The standard InChI is InChI=1S/C44H26N4O/c45-25-27-11-9-17-33(43(27)47-37-19-5-1-13-29(37)30-14-2-6-20-38(30)47)34-18-10-12-28(26-46)44(34)48-39-21-7-3-15-31(39)35-24-42-36(23-40(35)48)32-16-4-8-22-41(32)49-42/h1-3,5-15,17-24H,4,16H2. The lowest BCUT2D eigenvalue weighted by Gasteiger charge is -2.20. The van der Waals surface area contributed by atoms with E-state index in [4.69, 9.17) is 4.42 Å². The summed E-state index contributed by atoms with van der Waals surface area (Å²) in [6, 6.07) is 46.2. The van der Waals surface area contributed by atoms with Crippen LogP contribution in [-0.2, 0) is 6.42 Å². The van der Waals surface area contributed by atoms with Crippen molar-refractivity contribution in [1.82, 2.24) is 9.13 Å². The molecule has 1 aliphatic carbocycles. The molecule has 10 rings (SSSR count). The number of hydrogen-bond donors (Lipinski definition) is 0. The number of para-hydroxylation sites is 5. The molecule has 0 unspecified atom stereocenters. The number of nitrogens with zero attached hydrogens (tertiary/aromatic N) is 4. The topological polar surface area (TPSA) is 70.6 Å². The predicted octanol–water partition coefficient (Wildman–Crippen LogP) is 11.0. The van der Waals surface area contributed by atoms with Gasteiger partial charge in [0.15, 0.2) is 0 Å². The Hall–Kier alpha value is -6.82. The molecule has 0 saturated carbocycles. The molecule has 0 bridgehead atoms. The van der Waals surface area contributed by atoms with Gasteiger partial charge < -0.3 is 13.6 Å². The molecule has 3 heterocycles. The van der Waals surface area contributed by atoms with Crippen molar-refractivity contribution in [3.63, 3.8) is 0 Å². The first-order valence-corrected chi connectivity index (χ1v) is 16.5. The van der Waals surface area contributed by atoms with Gasteiger partial charge in [0.05, 0.1) is 44.6 Å². The first-order valence-electron chi connectivity index (χ1n) is 16.5. The quantitative estimate of drug-likeness (QED) is 0.196. The first kappa shape index (κ1) is 27.3. The normalized spacial score (nSPS) is 12.6. The van der Waals surface area contributed by atoms with E-state index in [-0.39, 0.29) is 0 Å². The summed E-state index contributed by atoms with van der Waals surface area (Å²) in [7, 11) is 0. The van der Waals surface area contributed by atoms with Crippen LogP contribution in [0.25, 0.3) is 83.2 Å². The highest BCUT2D eigenvalue weighted by Gasteiger charge is 2.25. The molecule has 6 aromatic carbocycles. The highest BCUT2D eigenvalue weighted by Crippen LogP contribution is 2.44. The molecule has 228 valence electrons. The van der Waals surface area contributed by atoms with Gasteiger partial charge in [-0.1, -0.05) is 84.9 Å². The third-order valence-electron chi connectivity index (χ3n) is 10.1. The minimum Gasteiger partial charge on any atom is -0.456 e. The molecule has 0 N–H and O–H groups in total. The summed E-state index contributed by atoms with van der Waals surface area (Å²) in [5.41, 5.74) is 10.5. The van der Waals surface area contributed by atoms with Crippen molar-refractivity contribution in [2.75, 3.05) is 0 Å². The zero-order valence-electron chi connectivity index (χ0n) is 26.3. The van der Waals surface area contributed by atoms with Gasteiger partial charge in [-0.15, -0.1) is 0 Å². The number of allylic oxidation sites excluding steroid dienone is 1. The third kappa shape index (κ3) is 3.79. The molecule has 5 nitrogen and oxygen atoms in total. The lowest BCUT2D eigenvalue weighted by Crippen LogP contribution is -2.05. The summed E-state index contributed by atoms with van der Waals surface area (Å²) in [6.45, 7) is 0. The second-order valence-electron chi connectivity index (χ2n) is 12.6. The van der Waals surface area contributed by atoms with Gasteiger partial charge in [0, 0.05) is 43.6 Å². The molecule has 0 saturated heterocycles. The van der Waals surface area contributed by atoms with Gasteiger partial charge >= 0.3 is 0 Å². The fourth-order valence-electron chi connectivity index (χ4n) is 8.03. The van der Waals surface area contributed by atoms with E-state index in [1.807, 2.05) is 42.5 Å². The maximum absolute atomic E-state index is 10.7. The van der Waals surface area contributed by atoms with Crippen molar-refractivity contribution in [2.24, 2.45) is 0 Å². The summed E-state index contributed by atoms with van der Waals surface area (Å²) in [6.07, 6.45) is 6.15. The molecular weight excluding hydrogens is 601 g/mol. The van der Waals surface area contributed by atoms with E-state index in [1.165, 1.54) is 5.56 Å². The summed E-state index contributed by atoms with van der Waals surface area (Å²) in [4.78, 5) is 0. The third-order valence-corrected chi connectivity index (χ3v) is 10.1. The Labute approximate surface area is 281 Å². The summed E-state index contributed by atoms with van der Waals surface area (Å²) >= 11 is 0. The number of hydrogen-bond acceptors (Lipinski definition) is 3. The van der Waals surface area contributed by atoms with Crippen LogP contribution in [0.5, 0.6) is 0 Å². The number of nitriles is 2. The van der Waals surface area contributed by atoms with Gasteiger partial charge in [-0.2, -0.15) is 10.5 Å². The number of fused-ring (bicyclic) bond motifs is 9. The molecule has 0 spiro atoms. The number of aromatic nitrogens is 2. The van der Waals surface area contributed by atoms with Crippen LogP contribution in [0.1, 0.15) is 28.9 Å². The zero-order chi connectivity index (χ0) is 32.6. The van der Waals surface area contributed by atoms with Crippen molar-refractivity contribution in [3.8, 4) is 34.6 Å². The zero-order valence-corrected chi connectivity index (χ0v) is 26.3. The van der Waals surface area contributed by atoms with Gasteiger partial charge in [-0.3, -0.25) is 0 Å². The Morgan fingerprint density at radius 2 is 1.06 bits per heavy atom. The van der Waals surface area contributed by atoms with Crippen LogP contribution < -0.4 is 0 Å². The Balaban J connectivity index is 1.35. The SMILES string of the molecule is N#Cc1cccc(-c2cccc(C#N)c2-n2c3ccccc3c3cc4oc5c(c4cc32)CCC=C5)c1-n1c2ccccc2c2ccccc21. The monoisotopic (exact) mass is 626 g/mol. The molecule has 9 aromatic rings. The van der Waals surface area contributed by atoms with Gasteiger partial charge in [-0.05, 0) is 61.4 Å². The van der Waals surface area contributed by atoms with E-state index in [9.17, 15) is 10.5 Å². The second kappa shape index (κ2) is 10.3. The molecule has 0 aliphatic heterocycles. The van der Waals surface area contributed by atoms with Crippen LogP contribution >= 0.6 is 0 Å². The van der Waals surface area contributed by atoms with Gasteiger partial charge in [0.2, 0.25) is 0 Å². The van der Waals surface area contributed by atoms with Crippen molar-refractivity contribution >= 4 is 60.7 Å². The Morgan fingerprint density at radius 3 is 1.63 bits per heavy atom. The number of furan rings is 1. The van der Waals surface area contributed by atoms with E-state index in [0.717, 1.165) is 95.7 Å². The minimum absolute atomic E-state index is 0.549. The van der Waals surface area contributed by atoms with Crippen LogP contribution in [0.3, 0.4) is 0 Å². The first-order chi connectivity index (χ1) is 24.2. The molecule has 49 heavy (non-hydrogen) atoms. The Morgan fingerprint density at radius 1 is 0.531 bits per heavy atom. The lowest BCUT2D eigenvalue weighted by atomic mass is 9.95. The molecule has 0 fully saturated rings. The van der Waals surface area contributed by atoms with E-state index in [1.54, 1.807) is 0 Å². The molecule has 0 atom stereocenters. The number of rotatable bonds is 3. The van der Waals surface area contributed by atoms with E-state index in [2.05, 4.69) is 112 Å². The molecule has 0 amide bonds. The highest BCUT2D eigenvalue weighted by atomic mass is 16.3. The van der Waals surface area contributed by atoms with Crippen LogP contribution in [0.15, 0.2) is 132 Å². The number of aryl methyl sites for hydroxylation is 1. The molecule has 1 aliphatic rings. The van der Waals surface area contributed by atoms with Gasteiger partial charge in [0.25, 0.3) is 0 Å². The summed E-state index contributed by atoms with van der Waals surface area (Å²) in [5, 5.41) is 26.8. The van der Waals surface area contributed by atoms with Crippen molar-refractivity contribution in [2.45, 2.75) is 12.8 Å². The van der Waals surface area contributed by atoms with Crippen molar-refractivity contribution in [3.05, 3.63) is 150 Å². The van der Waals surface area contributed by atoms with Crippen molar-refractivity contribution < 1.29 is 4.42 Å². The average Bonchev–Trinajstić information content (AvgIpc) is 3.80. The predicted molar refractivity (Wildman–Crippen MR) is 197 cm³/mol. The van der Waals surface area contributed by atoms with Crippen LogP contribution in [0, 0.1) is 22.7 Å². The van der Waals surface area contributed by atoms with Gasteiger partial charge in [0.1, 0.15) is 23.5 Å². The smallest absolute Gasteiger partial charge is 0.135 e. The van der Waals surface area contributed by atoms with Crippen molar-refractivity contribution in [1.29, 1.82) is 10.5 Å². The van der Waals surface area contributed by atoms with E-state index < -0.39 is 0 Å². The van der Waals surface area contributed by atoms with Crippen LogP contribution in [0.2, 0.25) is 0 Å². The van der Waals surface area contributed by atoms with E-state index >= 15 is 0 Å². The fraction of sp³-hybridized carbons (Fsp3) is 0.0455. The lowest BCUT2D eigenvalue weighted by molar-refractivity contribution is 0.596. The van der Waals surface area contributed by atoms with Gasteiger partial charge in [-0.25, -0.2) is 0 Å². The van der Waals surface area contributed by atoms with Crippen LogP contribution in [0.4, 0.5) is 0 Å². The van der Waals surface area contributed by atoms with Crippen LogP contribution in [-0.4, -0.2) is 9.13 Å². The summed E-state index contributed by atoms with van der Waals surface area (Å²) in [5.74, 6) is 0.923. The highest BCUT2D eigenvalue weighted by molar-refractivity contribution is 6.14. The Bertz CT molecular complexity index is 2920.